The van der Waals surface area contributed by atoms with Crippen LogP contribution >= 0.6 is 50.5 Å². The summed E-state index contributed by atoms with van der Waals surface area (Å²) in [4.78, 5) is 3.48. The first-order chi connectivity index (χ1) is 9.51. The lowest BCUT2D eigenvalue weighted by atomic mass is 10.1. The van der Waals surface area contributed by atoms with E-state index in [1.807, 2.05) is 12.1 Å². The molecule has 20 heavy (non-hydrogen) atoms. The zero-order valence-corrected chi connectivity index (χ0v) is 14.9. The van der Waals surface area contributed by atoms with Crippen LogP contribution in [-0.2, 0) is 6.54 Å². The molecule has 0 saturated carbocycles. The van der Waals surface area contributed by atoms with Crippen LogP contribution in [0.2, 0.25) is 10.0 Å². The van der Waals surface area contributed by atoms with E-state index in [1.54, 1.807) is 17.4 Å². The molecule has 0 fully saturated rings. The summed E-state index contributed by atoms with van der Waals surface area (Å²) in [5, 5.41) is 3.38. The van der Waals surface area contributed by atoms with Crippen LogP contribution in [0.25, 0.3) is 0 Å². The van der Waals surface area contributed by atoms with E-state index in [0.717, 1.165) is 16.6 Å². The van der Waals surface area contributed by atoms with Gasteiger partial charge >= 0.3 is 0 Å². The highest BCUT2D eigenvalue weighted by atomic mass is 79.9. The van der Waals surface area contributed by atoms with Crippen molar-refractivity contribution in [3.05, 3.63) is 54.6 Å². The van der Waals surface area contributed by atoms with E-state index in [4.69, 9.17) is 28.9 Å². The highest BCUT2D eigenvalue weighted by molar-refractivity contribution is 9.10. The molecule has 0 bridgehead atoms. The standard InChI is InChI=1S/C14H15BrCl2N2S/c1-19(7-11-4-9(15)8-20-11)14(6-18)12-3-2-10(16)5-13(12)17/h2-5,8,14H,6-7,18H2,1H3. The number of thiophene rings is 1. The van der Waals surface area contributed by atoms with Crippen LogP contribution in [0, 0.1) is 0 Å². The number of nitrogens with two attached hydrogens (primary N) is 1. The van der Waals surface area contributed by atoms with Crippen molar-refractivity contribution in [1.82, 2.24) is 4.90 Å². The quantitative estimate of drug-likeness (QED) is 0.778. The maximum atomic E-state index is 6.28. The molecule has 0 aliphatic rings. The zero-order valence-electron chi connectivity index (χ0n) is 10.9. The SMILES string of the molecule is CN(Cc1cc(Br)cs1)C(CN)c1ccc(Cl)cc1Cl. The highest BCUT2D eigenvalue weighted by Gasteiger charge is 2.19. The first-order valence-corrected chi connectivity index (χ1v) is 8.52. The summed E-state index contributed by atoms with van der Waals surface area (Å²) in [7, 11) is 2.05. The summed E-state index contributed by atoms with van der Waals surface area (Å²) in [6, 6.07) is 7.75. The maximum Gasteiger partial charge on any atom is 0.0486 e. The Labute approximate surface area is 141 Å². The zero-order chi connectivity index (χ0) is 14.7. The fraction of sp³-hybridized carbons (Fsp3) is 0.286. The van der Waals surface area contributed by atoms with Gasteiger partial charge in [0.1, 0.15) is 0 Å². The number of benzene rings is 1. The van der Waals surface area contributed by atoms with Gasteiger partial charge in [-0.15, -0.1) is 11.3 Å². The normalized spacial score (nSPS) is 12.9. The molecule has 2 nitrogen and oxygen atoms in total. The van der Waals surface area contributed by atoms with Crippen molar-refractivity contribution < 1.29 is 0 Å². The smallest absolute Gasteiger partial charge is 0.0486 e. The summed E-state index contributed by atoms with van der Waals surface area (Å²) in [5.74, 6) is 0. The van der Waals surface area contributed by atoms with E-state index in [-0.39, 0.29) is 6.04 Å². The van der Waals surface area contributed by atoms with Gasteiger partial charge in [-0.3, -0.25) is 4.90 Å². The molecule has 0 amide bonds. The Morgan fingerprint density at radius 2 is 2.10 bits per heavy atom. The van der Waals surface area contributed by atoms with Gasteiger partial charge in [0.2, 0.25) is 0 Å². The molecule has 1 aromatic heterocycles. The van der Waals surface area contributed by atoms with Crippen LogP contribution < -0.4 is 5.73 Å². The lowest BCUT2D eigenvalue weighted by molar-refractivity contribution is 0.244. The van der Waals surface area contributed by atoms with Crippen molar-refractivity contribution >= 4 is 50.5 Å². The maximum absolute atomic E-state index is 6.28. The lowest BCUT2D eigenvalue weighted by Gasteiger charge is -2.27. The Bertz CT molecular complexity index is 588. The number of rotatable bonds is 5. The van der Waals surface area contributed by atoms with Crippen LogP contribution in [0.4, 0.5) is 0 Å². The van der Waals surface area contributed by atoms with Crippen molar-refractivity contribution in [2.24, 2.45) is 5.73 Å². The van der Waals surface area contributed by atoms with Crippen LogP contribution in [0.15, 0.2) is 34.1 Å². The highest BCUT2D eigenvalue weighted by Crippen LogP contribution is 2.30. The molecule has 1 heterocycles. The van der Waals surface area contributed by atoms with E-state index in [1.165, 1.54) is 4.88 Å². The predicted octanol–water partition coefficient (Wildman–Crippen LogP) is 4.95. The van der Waals surface area contributed by atoms with Crippen molar-refractivity contribution in [2.45, 2.75) is 12.6 Å². The van der Waals surface area contributed by atoms with Crippen LogP contribution in [-0.4, -0.2) is 18.5 Å². The molecular formula is C14H15BrCl2N2S. The number of likely N-dealkylation sites (N-methyl/N-ethyl adjacent to an activating group) is 1. The Kier molecular flexibility index (Phi) is 5.90. The van der Waals surface area contributed by atoms with E-state index in [9.17, 15) is 0 Å². The largest absolute Gasteiger partial charge is 0.329 e. The molecule has 1 unspecified atom stereocenters. The van der Waals surface area contributed by atoms with Gasteiger partial charge in [-0.25, -0.2) is 0 Å². The summed E-state index contributed by atoms with van der Waals surface area (Å²) >= 11 is 17.4. The second-order valence-electron chi connectivity index (χ2n) is 4.56. The number of hydrogen-bond acceptors (Lipinski definition) is 3. The molecule has 0 aliphatic heterocycles. The molecule has 1 aromatic carbocycles. The van der Waals surface area contributed by atoms with Crippen molar-refractivity contribution in [1.29, 1.82) is 0 Å². The summed E-state index contributed by atoms with van der Waals surface area (Å²) in [5.41, 5.74) is 6.94. The summed E-state index contributed by atoms with van der Waals surface area (Å²) < 4.78 is 1.11. The van der Waals surface area contributed by atoms with Crippen LogP contribution in [0.3, 0.4) is 0 Å². The minimum Gasteiger partial charge on any atom is -0.329 e. The molecular weight excluding hydrogens is 379 g/mol. The van der Waals surface area contributed by atoms with E-state index in [2.05, 4.69) is 39.3 Å². The third-order valence-electron chi connectivity index (χ3n) is 3.10. The molecule has 6 heteroatoms. The van der Waals surface area contributed by atoms with Gasteiger partial charge in [0.15, 0.2) is 0 Å². The van der Waals surface area contributed by atoms with Gasteiger partial charge < -0.3 is 5.73 Å². The van der Waals surface area contributed by atoms with Gasteiger partial charge in [0.05, 0.1) is 0 Å². The lowest BCUT2D eigenvalue weighted by Crippen LogP contribution is -2.30. The number of nitrogens with zero attached hydrogens (tertiary/aromatic N) is 1. The van der Waals surface area contributed by atoms with E-state index >= 15 is 0 Å². The van der Waals surface area contributed by atoms with Crippen molar-refractivity contribution in [2.75, 3.05) is 13.6 Å². The Morgan fingerprint density at radius 3 is 2.65 bits per heavy atom. The minimum absolute atomic E-state index is 0.0700. The predicted molar refractivity (Wildman–Crippen MR) is 91.7 cm³/mol. The molecule has 0 aliphatic carbocycles. The summed E-state index contributed by atoms with van der Waals surface area (Å²) in [6.07, 6.45) is 0. The Morgan fingerprint density at radius 1 is 1.35 bits per heavy atom. The Hall–Kier alpha value is -0.100. The van der Waals surface area contributed by atoms with Crippen molar-refractivity contribution in [3.63, 3.8) is 0 Å². The van der Waals surface area contributed by atoms with Crippen LogP contribution in [0.5, 0.6) is 0 Å². The Balaban J connectivity index is 2.18. The molecule has 0 spiro atoms. The first kappa shape index (κ1) is 16.3. The van der Waals surface area contributed by atoms with Gasteiger partial charge in [0.25, 0.3) is 0 Å². The molecule has 1 atom stereocenters. The van der Waals surface area contributed by atoms with Gasteiger partial charge in [0, 0.05) is 43.9 Å². The second kappa shape index (κ2) is 7.25. The molecule has 108 valence electrons. The molecule has 2 N–H and O–H groups in total. The first-order valence-electron chi connectivity index (χ1n) is 6.09. The fourth-order valence-electron chi connectivity index (χ4n) is 2.11. The third-order valence-corrected chi connectivity index (χ3v) is 5.35. The minimum atomic E-state index is 0.0700. The van der Waals surface area contributed by atoms with Crippen molar-refractivity contribution in [3.8, 4) is 0 Å². The average Bonchev–Trinajstić information content (AvgIpc) is 2.78. The van der Waals surface area contributed by atoms with Gasteiger partial charge in [-0.2, -0.15) is 0 Å². The topological polar surface area (TPSA) is 29.3 Å². The fourth-order valence-corrected chi connectivity index (χ4v) is 4.16. The number of halogens is 3. The molecule has 2 rings (SSSR count). The van der Waals surface area contributed by atoms with E-state index in [0.29, 0.717) is 16.6 Å². The van der Waals surface area contributed by atoms with E-state index < -0.39 is 0 Å². The monoisotopic (exact) mass is 392 g/mol. The summed E-state index contributed by atoms with van der Waals surface area (Å²) in [6.45, 7) is 1.33. The molecule has 0 radical (unpaired) electrons. The number of hydrogen-bond donors (Lipinski definition) is 1. The molecule has 0 saturated heterocycles. The third kappa shape index (κ3) is 3.97. The van der Waals surface area contributed by atoms with Crippen LogP contribution in [0.1, 0.15) is 16.5 Å². The van der Waals surface area contributed by atoms with Gasteiger partial charge in [-0.1, -0.05) is 29.3 Å². The van der Waals surface area contributed by atoms with Gasteiger partial charge in [-0.05, 0) is 46.7 Å². The second-order valence-corrected chi connectivity index (χ2v) is 7.32. The average molecular weight is 394 g/mol. The molecule has 2 aromatic rings.